The fourth-order valence-corrected chi connectivity index (χ4v) is 1.52. The minimum atomic E-state index is -0.740. The molecule has 0 spiro atoms. The SMILES string of the molecule is COC(=O)C(C)(C)COc1ccc(F)c(Br)c1. The van der Waals surface area contributed by atoms with Gasteiger partial charge in [-0.15, -0.1) is 0 Å². The molecule has 0 aliphatic carbocycles. The lowest BCUT2D eigenvalue weighted by atomic mass is 9.95. The van der Waals surface area contributed by atoms with Crippen LogP contribution in [0.4, 0.5) is 4.39 Å². The largest absolute Gasteiger partial charge is 0.492 e. The first-order chi connectivity index (χ1) is 7.86. The molecule has 0 aliphatic heterocycles. The van der Waals surface area contributed by atoms with Crippen LogP contribution in [0.15, 0.2) is 22.7 Å². The Balaban J connectivity index is 2.67. The summed E-state index contributed by atoms with van der Waals surface area (Å²) in [5, 5.41) is 0. The van der Waals surface area contributed by atoms with E-state index in [4.69, 9.17) is 4.74 Å². The van der Waals surface area contributed by atoms with Crippen LogP contribution in [-0.4, -0.2) is 19.7 Å². The van der Waals surface area contributed by atoms with Gasteiger partial charge in [-0.1, -0.05) is 0 Å². The summed E-state index contributed by atoms with van der Waals surface area (Å²) in [5.41, 5.74) is -0.740. The van der Waals surface area contributed by atoms with E-state index in [0.717, 1.165) is 0 Å². The van der Waals surface area contributed by atoms with E-state index in [0.29, 0.717) is 10.2 Å². The minimum Gasteiger partial charge on any atom is -0.492 e. The number of carbonyl (C=O) groups excluding carboxylic acids is 1. The van der Waals surface area contributed by atoms with Gasteiger partial charge in [0.05, 0.1) is 17.0 Å². The van der Waals surface area contributed by atoms with Gasteiger partial charge in [-0.3, -0.25) is 4.79 Å². The van der Waals surface area contributed by atoms with Crippen molar-refractivity contribution in [2.75, 3.05) is 13.7 Å². The second kappa shape index (κ2) is 5.49. The molecule has 1 aromatic carbocycles. The van der Waals surface area contributed by atoms with E-state index < -0.39 is 5.41 Å². The van der Waals surface area contributed by atoms with Crippen LogP contribution in [0.3, 0.4) is 0 Å². The van der Waals surface area contributed by atoms with Crippen molar-refractivity contribution >= 4 is 21.9 Å². The second-order valence-electron chi connectivity index (χ2n) is 4.24. The molecule has 0 bridgehead atoms. The molecule has 0 radical (unpaired) electrons. The van der Waals surface area contributed by atoms with E-state index >= 15 is 0 Å². The summed E-state index contributed by atoms with van der Waals surface area (Å²) >= 11 is 3.06. The molecule has 3 nitrogen and oxygen atoms in total. The number of hydrogen-bond donors (Lipinski definition) is 0. The number of rotatable bonds is 4. The van der Waals surface area contributed by atoms with Gasteiger partial charge in [-0.25, -0.2) is 4.39 Å². The van der Waals surface area contributed by atoms with Gasteiger partial charge in [0.25, 0.3) is 0 Å². The molecule has 0 N–H and O–H groups in total. The van der Waals surface area contributed by atoms with Gasteiger partial charge in [-0.05, 0) is 48.0 Å². The van der Waals surface area contributed by atoms with Crippen LogP contribution >= 0.6 is 15.9 Å². The standard InChI is InChI=1S/C12H14BrFO3/c1-12(2,11(15)16-3)7-17-8-4-5-10(14)9(13)6-8/h4-6H,7H2,1-3H3. The number of ether oxygens (including phenoxy) is 2. The smallest absolute Gasteiger partial charge is 0.314 e. The maximum atomic E-state index is 13.0. The fraction of sp³-hybridized carbons (Fsp3) is 0.417. The van der Waals surface area contributed by atoms with E-state index in [9.17, 15) is 9.18 Å². The van der Waals surface area contributed by atoms with Crippen LogP contribution in [0.1, 0.15) is 13.8 Å². The molecular weight excluding hydrogens is 291 g/mol. The summed E-state index contributed by atoms with van der Waals surface area (Å²) in [5.74, 6) is -0.210. The highest BCUT2D eigenvalue weighted by Gasteiger charge is 2.29. The van der Waals surface area contributed by atoms with E-state index in [1.165, 1.54) is 25.3 Å². The van der Waals surface area contributed by atoms with Crippen molar-refractivity contribution in [1.82, 2.24) is 0 Å². The molecule has 0 heterocycles. The zero-order valence-electron chi connectivity index (χ0n) is 9.92. The molecule has 5 heteroatoms. The predicted octanol–water partition coefficient (Wildman–Crippen LogP) is 3.17. The summed E-state index contributed by atoms with van der Waals surface area (Å²) in [6.45, 7) is 3.60. The Morgan fingerprint density at radius 1 is 1.47 bits per heavy atom. The molecule has 0 saturated carbocycles. The number of carbonyl (C=O) groups is 1. The Hall–Kier alpha value is -1.10. The Bertz CT molecular complexity index is 418. The van der Waals surface area contributed by atoms with Gasteiger partial charge in [0.2, 0.25) is 0 Å². The highest BCUT2D eigenvalue weighted by molar-refractivity contribution is 9.10. The third kappa shape index (κ3) is 3.70. The summed E-state index contributed by atoms with van der Waals surface area (Å²) in [7, 11) is 1.33. The number of benzene rings is 1. The Morgan fingerprint density at radius 2 is 2.12 bits per heavy atom. The van der Waals surface area contributed by atoms with Gasteiger partial charge < -0.3 is 9.47 Å². The van der Waals surface area contributed by atoms with Crippen molar-refractivity contribution in [3.8, 4) is 5.75 Å². The van der Waals surface area contributed by atoms with Crippen LogP contribution in [0.25, 0.3) is 0 Å². The predicted molar refractivity (Wildman–Crippen MR) is 65.4 cm³/mol. The van der Waals surface area contributed by atoms with Crippen molar-refractivity contribution in [2.45, 2.75) is 13.8 Å². The minimum absolute atomic E-state index is 0.164. The molecule has 1 rings (SSSR count). The van der Waals surface area contributed by atoms with Gasteiger partial charge in [0, 0.05) is 0 Å². The number of halogens is 2. The molecule has 0 atom stereocenters. The van der Waals surface area contributed by atoms with E-state index in [1.807, 2.05) is 0 Å². The van der Waals surface area contributed by atoms with E-state index in [1.54, 1.807) is 13.8 Å². The zero-order valence-corrected chi connectivity index (χ0v) is 11.5. The second-order valence-corrected chi connectivity index (χ2v) is 5.09. The molecule has 94 valence electrons. The van der Waals surface area contributed by atoms with E-state index in [-0.39, 0.29) is 18.4 Å². The van der Waals surface area contributed by atoms with Crippen molar-refractivity contribution in [2.24, 2.45) is 5.41 Å². The number of esters is 1. The molecule has 0 aliphatic rings. The lowest BCUT2D eigenvalue weighted by Gasteiger charge is -2.21. The number of methoxy groups -OCH3 is 1. The van der Waals surface area contributed by atoms with Gasteiger partial charge in [0.1, 0.15) is 18.2 Å². The lowest BCUT2D eigenvalue weighted by molar-refractivity contribution is -0.152. The fourth-order valence-electron chi connectivity index (χ4n) is 1.17. The summed E-state index contributed by atoms with van der Waals surface area (Å²) in [6.07, 6.45) is 0. The first kappa shape index (κ1) is 14.0. The van der Waals surface area contributed by atoms with Crippen LogP contribution in [-0.2, 0) is 9.53 Å². The molecule has 0 fully saturated rings. The summed E-state index contributed by atoms with van der Waals surface area (Å²) in [6, 6.07) is 4.32. The third-order valence-corrected chi connectivity index (χ3v) is 2.84. The summed E-state index contributed by atoms with van der Waals surface area (Å²) in [4.78, 5) is 11.4. The van der Waals surface area contributed by atoms with E-state index in [2.05, 4.69) is 20.7 Å². The van der Waals surface area contributed by atoms with Gasteiger partial charge in [-0.2, -0.15) is 0 Å². The highest BCUT2D eigenvalue weighted by atomic mass is 79.9. The third-order valence-electron chi connectivity index (χ3n) is 2.23. The molecule has 0 saturated heterocycles. The average molecular weight is 305 g/mol. The molecule has 0 aromatic heterocycles. The first-order valence-electron chi connectivity index (χ1n) is 5.03. The normalized spacial score (nSPS) is 11.1. The zero-order chi connectivity index (χ0) is 13.1. The Kier molecular flexibility index (Phi) is 4.51. The van der Waals surface area contributed by atoms with Crippen LogP contribution < -0.4 is 4.74 Å². The maximum Gasteiger partial charge on any atom is 0.314 e. The molecule has 0 unspecified atom stereocenters. The quantitative estimate of drug-likeness (QED) is 0.802. The lowest BCUT2D eigenvalue weighted by Crippen LogP contribution is -2.32. The monoisotopic (exact) mass is 304 g/mol. The average Bonchev–Trinajstić information content (AvgIpc) is 2.29. The van der Waals surface area contributed by atoms with Crippen LogP contribution in [0.2, 0.25) is 0 Å². The number of hydrogen-bond acceptors (Lipinski definition) is 3. The van der Waals surface area contributed by atoms with Gasteiger partial charge in [0.15, 0.2) is 0 Å². The first-order valence-corrected chi connectivity index (χ1v) is 5.82. The highest BCUT2D eigenvalue weighted by Crippen LogP contribution is 2.24. The molecule has 17 heavy (non-hydrogen) atoms. The van der Waals surface area contributed by atoms with Crippen LogP contribution in [0.5, 0.6) is 5.75 Å². The van der Waals surface area contributed by atoms with Crippen molar-refractivity contribution in [3.05, 3.63) is 28.5 Å². The molecule has 0 amide bonds. The topological polar surface area (TPSA) is 35.5 Å². The van der Waals surface area contributed by atoms with Crippen LogP contribution in [0, 0.1) is 11.2 Å². The Morgan fingerprint density at radius 3 is 2.65 bits per heavy atom. The van der Waals surface area contributed by atoms with Crippen molar-refractivity contribution in [1.29, 1.82) is 0 Å². The molecular formula is C12H14BrFO3. The molecule has 1 aromatic rings. The maximum absolute atomic E-state index is 13.0. The van der Waals surface area contributed by atoms with Crippen molar-refractivity contribution < 1.29 is 18.7 Å². The van der Waals surface area contributed by atoms with Crippen molar-refractivity contribution in [3.63, 3.8) is 0 Å². The summed E-state index contributed by atoms with van der Waals surface area (Å²) < 4.78 is 23.4. The Labute approximate surface area is 108 Å². The van der Waals surface area contributed by atoms with Gasteiger partial charge >= 0.3 is 5.97 Å².